The molecule has 0 radical (unpaired) electrons. The SMILES string of the molecule is CC[C@H]1CCc2sc(C(=O)NNC(=O)CCn3c(=O)oc4ccccc43)cc2C1. The predicted molar refractivity (Wildman–Crippen MR) is 111 cm³/mol. The summed E-state index contributed by atoms with van der Waals surface area (Å²) in [5.74, 6) is -0.493. The number of amides is 2. The lowest BCUT2D eigenvalue weighted by molar-refractivity contribution is -0.122. The predicted octanol–water partition coefficient (Wildman–Crippen LogP) is 3.02. The second-order valence-electron chi connectivity index (χ2n) is 7.32. The Morgan fingerprint density at radius 1 is 1.28 bits per heavy atom. The van der Waals surface area contributed by atoms with Crippen LogP contribution in [0, 0.1) is 5.92 Å². The van der Waals surface area contributed by atoms with E-state index in [0.29, 0.717) is 21.9 Å². The molecule has 0 saturated carbocycles. The van der Waals surface area contributed by atoms with E-state index < -0.39 is 5.76 Å². The zero-order chi connectivity index (χ0) is 20.4. The first-order valence-electron chi connectivity index (χ1n) is 9.84. The fourth-order valence-corrected chi connectivity index (χ4v) is 4.85. The van der Waals surface area contributed by atoms with Crippen LogP contribution in [0.5, 0.6) is 0 Å². The minimum Gasteiger partial charge on any atom is -0.408 e. The lowest BCUT2D eigenvalue weighted by Crippen LogP contribution is -2.41. The van der Waals surface area contributed by atoms with Gasteiger partial charge in [-0.1, -0.05) is 25.5 Å². The van der Waals surface area contributed by atoms with Crippen LogP contribution < -0.4 is 16.6 Å². The third-order valence-corrected chi connectivity index (χ3v) is 6.67. The van der Waals surface area contributed by atoms with E-state index in [1.54, 1.807) is 24.3 Å². The Morgan fingerprint density at radius 3 is 2.93 bits per heavy atom. The van der Waals surface area contributed by atoms with E-state index in [0.717, 1.165) is 19.3 Å². The highest BCUT2D eigenvalue weighted by Crippen LogP contribution is 2.33. The molecule has 0 fully saturated rings. The molecule has 1 aliphatic carbocycles. The summed E-state index contributed by atoms with van der Waals surface area (Å²) in [6, 6.07) is 9.00. The summed E-state index contributed by atoms with van der Waals surface area (Å²) in [5, 5.41) is 0. The molecule has 8 heteroatoms. The van der Waals surface area contributed by atoms with E-state index in [1.807, 2.05) is 6.07 Å². The minimum absolute atomic E-state index is 0.0445. The number of carbonyl (C=O) groups excluding carboxylic acids is 2. The summed E-state index contributed by atoms with van der Waals surface area (Å²) in [6.45, 7) is 2.37. The Morgan fingerprint density at radius 2 is 2.10 bits per heavy atom. The highest BCUT2D eigenvalue weighted by Gasteiger charge is 2.22. The van der Waals surface area contributed by atoms with E-state index in [4.69, 9.17) is 4.42 Å². The van der Waals surface area contributed by atoms with Gasteiger partial charge in [0.05, 0.1) is 10.4 Å². The molecule has 2 aromatic heterocycles. The smallest absolute Gasteiger partial charge is 0.408 e. The van der Waals surface area contributed by atoms with Gasteiger partial charge in [0.1, 0.15) is 0 Å². The number of para-hydroxylation sites is 2. The van der Waals surface area contributed by atoms with Crippen LogP contribution >= 0.6 is 11.3 Å². The first kappa shape index (κ1) is 19.4. The van der Waals surface area contributed by atoms with Gasteiger partial charge in [0.15, 0.2) is 5.58 Å². The number of hydrogen-bond donors (Lipinski definition) is 2. The molecular weight excluding hydrogens is 390 g/mol. The molecule has 0 aliphatic heterocycles. The number of hydrogen-bond acceptors (Lipinski definition) is 5. The Bertz CT molecular complexity index is 1110. The highest BCUT2D eigenvalue weighted by atomic mass is 32.1. The summed E-state index contributed by atoms with van der Waals surface area (Å²) in [7, 11) is 0. The van der Waals surface area contributed by atoms with E-state index in [2.05, 4.69) is 17.8 Å². The first-order chi connectivity index (χ1) is 14.0. The molecule has 1 atom stereocenters. The first-order valence-corrected chi connectivity index (χ1v) is 10.7. The average molecular weight is 413 g/mol. The summed E-state index contributed by atoms with van der Waals surface area (Å²) in [6.07, 6.45) is 4.41. The third kappa shape index (κ3) is 4.12. The molecule has 1 aromatic carbocycles. The molecule has 0 bridgehead atoms. The van der Waals surface area contributed by atoms with Crippen molar-refractivity contribution in [1.82, 2.24) is 15.4 Å². The van der Waals surface area contributed by atoms with Crippen LogP contribution in [0.15, 0.2) is 39.5 Å². The lowest BCUT2D eigenvalue weighted by atomic mass is 9.87. The maximum Gasteiger partial charge on any atom is 0.419 e. The summed E-state index contributed by atoms with van der Waals surface area (Å²) < 4.78 is 6.56. The van der Waals surface area contributed by atoms with Crippen molar-refractivity contribution in [1.29, 1.82) is 0 Å². The van der Waals surface area contributed by atoms with E-state index >= 15 is 0 Å². The van der Waals surface area contributed by atoms with Gasteiger partial charge in [-0.2, -0.15) is 0 Å². The van der Waals surface area contributed by atoms with Gasteiger partial charge in [0.2, 0.25) is 5.91 Å². The van der Waals surface area contributed by atoms with Gasteiger partial charge in [0.25, 0.3) is 5.91 Å². The molecule has 1 aliphatic rings. The van der Waals surface area contributed by atoms with Crippen LogP contribution in [0.25, 0.3) is 11.1 Å². The maximum absolute atomic E-state index is 12.4. The highest BCUT2D eigenvalue weighted by molar-refractivity contribution is 7.14. The largest absolute Gasteiger partial charge is 0.419 e. The summed E-state index contributed by atoms with van der Waals surface area (Å²) in [4.78, 5) is 38.4. The molecule has 3 aromatic rings. The van der Waals surface area contributed by atoms with Crippen LogP contribution in [0.3, 0.4) is 0 Å². The Kier molecular flexibility index (Phi) is 5.53. The molecule has 2 heterocycles. The van der Waals surface area contributed by atoms with Crippen LogP contribution in [-0.4, -0.2) is 16.4 Å². The average Bonchev–Trinajstić information content (AvgIpc) is 3.30. The molecule has 0 spiro atoms. The number of aryl methyl sites for hydroxylation is 2. The summed E-state index contributed by atoms with van der Waals surface area (Å²) >= 11 is 1.50. The van der Waals surface area contributed by atoms with Gasteiger partial charge in [-0.15, -0.1) is 11.3 Å². The summed E-state index contributed by atoms with van der Waals surface area (Å²) in [5.41, 5.74) is 7.30. The Labute approximate surface area is 171 Å². The standard InChI is InChI=1S/C21H23N3O4S/c1-2-13-7-8-17-14(11-13)12-18(29-17)20(26)23-22-19(25)9-10-24-15-5-3-4-6-16(15)28-21(24)27/h3-6,12-13H,2,7-11H2,1H3,(H,22,25)(H,23,26)/t13-/m0/s1. The molecule has 29 heavy (non-hydrogen) atoms. The van der Waals surface area contributed by atoms with Gasteiger partial charge in [0, 0.05) is 17.8 Å². The third-order valence-electron chi connectivity index (χ3n) is 5.44. The van der Waals surface area contributed by atoms with Crippen LogP contribution in [0.1, 0.15) is 46.3 Å². The van der Waals surface area contributed by atoms with Gasteiger partial charge in [-0.3, -0.25) is 25.0 Å². The van der Waals surface area contributed by atoms with Crippen molar-refractivity contribution in [2.45, 2.75) is 45.6 Å². The number of thiophene rings is 1. The molecule has 4 rings (SSSR count). The van der Waals surface area contributed by atoms with Crippen LogP contribution in [-0.2, 0) is 24.2 Å². The fraction of sp³-hybridized carbons (Fsp3) is 0.381. The number of nitrogens with zero attached hydrogens (tertiary/aromatic N) is 1. The molecule has 2 N–H and O–H groups in total. The number of benzene rings is 1. The number of hydrazine groups is 1. The maximum atomic E-state index is 12.4. The second-order valence-corrected chi connectivity index (χ2v) is 8.45. The van der Waals surface area contributed by atoms with Crippen molar-refractivity contribution in [3.63, 3.8) is 0 Å². The number of carbonyl (C=O) groups is 2. The van der Waals surface area contributed by atoms with Crippen molar-refractivity contribution >= 4 is 34.3 Å². The molecule has 152 valence electrons. The van der Waals surface area contributed by atoms with Gasteiger partial charge in [-0.25, -0.2) is 4.79 Å². The topological polar surface area (TPSA) is 93.3 Å². The van der Waals surface area contributed by atoms with Gasteiger partial charge in [-0.05, 0) is 48.9 Å². The molecule has 0 saturated heterocycles. The number of nitrogens with one attached hydrogen (secondary N) is 2. The number of rotatable bonds is 5. The Balaban J connectivity index is 1.32. The van der Waals surface area contributed by atoms with Crippen molar-refractivity contribution in [2.75, 3.05) is 0 Å². The zero-order valence-corrected chi connectivity index (χ0v) is 17.0. The van der Waals surface area contributed by atoms with E-state index in [9.17, 15) is 14.4 Å². The molecule has 2 amide bonds. The molecular formula is C21H23N3O4S. The monoisotopic (exact) mass is 413 g/mol. The Hall–Kier alpha value is -2.87. The molecule has 0 unspecified atom stereocenters. The van der Waals surface area contributed by atoms with E-state index in [1.165, 1.54) is 32.8 Å². The fourth-order valence-electron chi connectivity index (χ4n) is 3.75. The zero-order valence-electron chi connectivity index (χ0n) is 16.2. The van der Waals surface area contributed by atoms with Gasteiger partial charge >= 0.3 is 5.76 Å². The second kappa shape index (κ2) is 8.24. The van der Waals surface area contributed by atoms with Crippen LogP contribution in [0.2, 0.25) is 0 Å². The van der Waals surface area contributed by atoms with Crippen molar-refractivity contribution in [3.05, 3.63) is 56.2 Å². The van der Waals surface area contributed by atoms with Crippen LogP contribution in [0.4, 0.5) is 0 Å². The normalized spacial score (nSPS) is 15.8. The molecule has 7 nitrogen and oxygen atoms in total. The van der Waals surface area contributed by atoms with Crippen molar-refractivity contribution in [3.8, 4) is 0 Å². The number of fused-ring (bicyclic) bond motifs is 2. The minimum atomic E-state index is -0.502. The van der Waals surface area contributed by atoms with Crippen molar-refractivity contribution < 1.29 is 14.0 Å². The number of aromatic nitrogens is 1. The van der Waals surface area contributed by atoms with Crippen molar-refractivity contribution in [2.24, 2.45) is 5.92 Å². The van der Waals surface area contributed by atoms with E-state index in [-0.39, 0.29) is 24.8 Å². The lowest BCUT2D eigenvalue weighted by Gasteiger charge is -2.19. The number of oxazole rings is 1. The van der Waals surface area contributed by atoms with Gasteiger partial charge < -0.3 is 4.42 Å². The quantitative estimate of drug-likeness (QED) is 0.629.